The molecule has 1 aromatic heterocycles. The van der Waals surface area contributed by atoms with Crippen LogP contribution in [0.2, 0.25) is 0 Å². The van der Waals surface area contributed by atoms with Gasteiger partial charge in [0.1, 0.15) is 0 Å². The third-order valence-electron chi connectivity index (χ3n) is 5.85. The maximum Gasteiger partial charge on any atom is 0.317 e. The van der Waals surface area contributed by atoms with E-state index in [-0.39, 0.29) is 17.9 Å². The molecule has 1 atom stereocenters. The number of aromatic nitrogens is 2. The molecule has 7 nitrogen and oxygen atoms in total. The number of amides is 3. The lowest BCUT2D eigenvalue weighted by Crippen LogP contribution is -2.49. The van der Waals surface area contributed by atoms with Crippen molar-refractivity contribution in [2.24, 2.45) is 5.92 Å². The molecule has 3 amide bonds. The maximum absolute atomic E-state index is 12.7. The summed E-state index contributed by atoms with van der Waals surface area (Å²) in [6, 6.07) is 10.0. The number of nitrogens with zero attached hydrogens (tertiary/aromatic N) is 4. The van der Waals surface area contributed by atoms with E-state index in [0.717, 1.165) is 57.4 Å². The molecule has 4 rings (SSSR count). The summed E-state index contributed by atoms with van der Waals surface area (Å²) in [5, 5.41) is 7.22. The molecule has 0 saturated carbocycles. The van der Waals surface area contributed by atoms with Crippen LogP contribution in [-0.4, -0.2) is 57.7 Å². The third-order valence-corrected chi connectivity index (χ3v) is 5.85. The van der Waals surface area contributed by atoms with Crippen molar-refractivity contribution in [3.8, 4) is 0 Å². The summed E-state index contributed by atoms with van der Waals surface area (Å²) < 4.78 is 1.88. The largest absolute Gasteiger partial charge is 0.342 e. The van der Waals surface area contributed by atoms with Crippen molar-refractivity contribution in [1.82, 2.24) is 24.9 Å². The highest BCUT2D eigenvalue weighted by Gasteiger charge is 2.32. The van der Waals surface area contributed by atoms with Crippen LogP contribution in [0.25, 0.3) is 0 Å². The van der Waals surface area contributed by atoms with Gasteiger partial charge < -0.3 is 15.1 Å². The first-order valence-electron chi connectivity index (χ1n) is 10.6. The highest BCUT2D eigenvalue weighted by atomic mass is 16.2. The number of carbonyl (C=O) groups is 2. The smallest absolute Gasteiger partial charge is 0.317 e. The summed E-state index contributed by atoms with van der Waals surface area (Å²) in [5.41, 5.74) is 2.23. The van der Waals surface area contributed by atoms with E-state index >= 15 is 0 Å². The van der Waals surface area contributed by atoms with E-state index in [9.17, 15) is 9.59 Å². The standard InChI is InChI=1S/C22H29N5O2/c28-21(25-11-1-2-12-25)20-5-3-13-26(17-20)22(29)23-15-18-6-8-19(9-7-18)16-27-14-4-10-24-27/h4,6-10,14,20H,1-3,5,11-13,15-17H2,(H,23,29). The normalized spacial score (nSPS) is 19.4. The van der Waals surface area contributed by atoms with Gasteiger partial charge >= 0.3 is 6.03 Å². The molecule has 2 fully saturated rings. The molecule has 0 aliphatic carbocycles. The van der Waals surface area contributed by atoms with Gasteiger partial charge in [-0.15, -0.1) is 0 Å². The van der Waals surface area contributed by atoms with Crippen molar-refractivity contribution in [3.63, 3.8) is 0 Å². The molecule has 1 unspecified atom stereocenters. The molecule has 0 spiro atoms. The fourth-order valence-corrected chi connectivity index (χ4v) is 4.19. The number of hydrogen-bond donors (Lipinski definition) is 1. The Morgan fingerprint density at radius 3 is 2.45 bits per heavy atom. The molecule has 0 bridgehead atoms. The van der Waals surface area contributed by atoms with Gasteiger partial charge in [0.05, 0.1) is 12.5 Å². The number of hydrogen-bond acceptors (Lipinski definition) is 3. The second-order valence-electron chi connectivity index (χ2n) is 8.00. The van der Waals surface area contributed by atoms with Crippen LogP contribution >= 0.6 is 0 Å². The summed E-state index contributed by atoms with van der Waals surface area (Å²) in [6.45, 7) is 4.22. The zero-order chi connectivity index (χ0) is 20.1. The van der Waals surface area contributed by atoms with Crippen LogP contribution in [0.1, 0.15) is 36.8 Å². The number of benzene rings is 1. The first-order chi connectivity index (χ1) is 14.2. The molecule has 2 aromatic rings. The minimum absolute atomic E-state index is 0.0471. The van der Waals surface area contributed by atoms with Crippen LogP contribution in [-0.2, 0) is 17.9 Å². The Morgan fingerprint density at radius 2 is 1.72 bits per heavy atom. The highest BCUT2D eigenvalue weighted by Crippen LogP contribution is 2.21. The molecular formula is C22H29N5O2. The summed E-state index contributed by atoms with van der Waals surface area (Å²) in [6.07, 6.45) is 7.69. The number of rotatable bonds is 5. The molecule has 1 aromatic carbocycles. The fourth-order valence-electron chi connectivity index (χ4n) is 4.19. The predicted octanol–water partition coefficient (Wildman–Crippen LogP) is 2.48. The Morgan fingerprint density at radius 1 is 1.00 bits per heavy atom. The van der Waals surface area contributed by atoms with Gasteiger partial charge in [0, 0.05) is 45.1 Å². The van der Waals surface area contributed by atoms with E-state index in [4.69, 9.17) is 0 Å². The quantitative estimate of drug-likeness (QED) is 0.846. The minimum Gasteiger partial charge on any atom is -0.342 e. The number of nitrogens with one attached hydrogen (secondary N) is 1. The molecule has 0 radical (unpaired) electrons. The van der Waals surface area contributed by atoms with E-state index in [2.05, 4.69) is 22.5 Å². The first kappa shape index (κ1) is 19.5. The van der Waals surface area contributed by atoms with Gasteiger partial charge in [0.25, 0.3) is 0 Å². The van der Waals surface area contributed by atoms with Crippen LogP contribution < -0.4 is 5.32 Å². The lowest BCUT2D eigenvalue weighted by molar-refractivity contribution is -0.135. The van der Waals surface area contributed by atoms with Crippen LogP contribution in [0.3, 0.4) is 0 Å². The second-order valence-corrected chi connectivity index (χ2v) is 8.00. The lowest BCUT2D eigenvalue weighted by Gasteiger charge is -2.34. The zero-order valence-corrected chi connectivity index (χ0v) is 16.8. The lowest BCUT2D eigenvalue weighted by atomic mass is 9.97. The molecule has 3 heterocycles. The number of likely N-dealkylation sites (tertiary alicyclic amines) is 2. The van der Waals surface area contributed by atoms with Crippen molar-refractivity contribution in [2.75, 3.05) is 26.2 Å². The Hall–Kier alpha value is -2.83. The first-order valence-corrected chi connectivity index (χ1v) is 10.6. The van der Waals surface area contributed by atoms with Crippen molar-refractivity contribution in [3.05, 3.63) is 53.9 Å². The highest BCUT2D eigenvalue weighted by molar-refractivity contribution is 5.81. The fraction of sp³-hybridized carbons (Fsp3) is 0.500. The number of carbonyl (C=O) groups excluding carboxylic acids is 2. The van der Waals surface area contributed by atoms with Crippen LogP contribution in [0.4, 0.5) is 4.79 Å². The van der Waals surface area contributed by atoms with Crippen molar-refractivity contribution < 1.29 is 9.59 Å². The van der Waals surface area contributed by atoms with Gasteiger partial charge in [-0.25, -0.2) is 4.79 Å². The summed E-state index contributed by atoms with van der Waals surface area (Å²) in [7, 11) is 0. The summed E-state index contributed by atoms with van der Waals surface area (Å²) >= 11 is 0. The van der Waals surface area contributed by atoms with E-state index in [0.29, 0.717) is 13.1 Å². The molecule has 29 heavy (non-hydrogen) atoms. The minimum atomic E-state index is -0.0791. The third kappa shape index (κ3) is 4.96. The SMILES string of the molecule is O=C(NCc1ccc(Cn2cccn2)cc1)N1CCCC(C(=O)N2CCCC2)C1. The average molecular weight is 396 g/mol. The number of piperidine rings is 1. The maximum atomic E-state index is 12.7. The molecule has 2 aliphatic heterocycles. The van der Waals surface area contributed by atoms with Gasteiger partial charge in [-0.2, -0.15) is 5.10 Å². The molecule has 2 saturated heterocycles. The molecule has 1 N–H and O–H groups in total. The average Bonchev–Trinajstić information content (AvgIpc) is 3.47. The van der Waals surface area contributed by atoms with Gasteiger partial charge in [-0.05, 0) is 42.9 Å². The Bertz CT molecular complexity index is 812. The molecule has 7 heteroatoms. The Balaban J connectivity index is 1.26. The van der Waals surface area contributed by atoms with Crippen molar-refractivity contribution in [2.45, 2.75) is 38.8 Å². The van der Waals surface area contributed by atoms with Crippen molar-refractivity contribution >= 4 is 11.9 Å². The van der Waals surface area contributed by atoms with Gasteiger partial charge in [-0.3, -0.25) is 9.48 Å². The molecule has 2 aliphatic rings. The van der Waals surface area contributed by atoms with Crippen LogP contribution in [0.5, 0.6) is 0 Å². The predicted molar refractivity (Wildman–Crippen MR) is 110 cm³/mol. The molecule has 154 valence electrons. The second kappa shape index (κ2) is 9.11. The Kier molecular flexibility index (Phi) is 6.12. The van der Waals surface area contributed by atoms with E-state index in [1.165, 1.54) is 5.56 Å². The number of urea groups is 1. The van der Waals surface area contributed by atoms with Gasteiger partial charge in [0.2, 0.25) is 5.91 Å². The summed E-state index contributed by atoms with van der Waals surface area (Å²) in [4.78, 5) is 29.0. The zero-order valence-electron chi connectivity index (χ0n) is 16.8. The van der Waals surface area contributed by atoms with E-state index < -0.39 is 0 Å². The molecular weight excluding hydrogens is 366 g/mol. The van der Waals surface area contributed by atoms with E-state index in [1.807, 2.05) is 34.0 Å². The Labute approximate surface area is 171 Å². The van der Waals surface area contributed by atoms with Crippen LogP contribution in [0.15, 0.2) is 42.7 Å². The van der Waals surface area contributed by atoms with Crippen LogP contribution in [0, 0.1) is 5.92 Å². The topological polar surface area (TPSA) is 70.5 Å². The van der Waals surface area contributed by atoms with E-state index in [1.54, 1.807) is 11.1 Å². The monoisotopic (exact) mass is 395 g/mol. The van der Waals surface area contributed by atoms with Gasteiger partial charge in [-0.1, -0.05) is 24.3 Å². The summed E-state index contributed by atoms with van der Waals surface area (Å²) in [5.74, 6) is 0.182. The van der Waals surface area contributed by atoms with Crippen molar-refractivity contribution in [1.29, 1.82) is 0 Å². The van der Waals surface area contributed by atoms with Gasteiger partial charge in [0.15, 0.2) is 0 Å².